The van der Waals surface area contributed by atoms with Gasteiger partial charge >= 0.3 is 12.3 Å². The van der Waals surface area contributed by atoms with Crippen molar-refractivity contribution in [2.24, 2.45) is 0 Å². The molecule has 4 rings (SSSR count). The molecular formula is C26H26F3N3O4S. The van der Waals surface area contributed by atoms with Gasteiger partial charge in [0.2, 0.25) is 0 Å². The third-order valence-electron chi connectivity index (χ3n) is 6.21. The molecule has 0 spiro atoms. The number of anilines is 1. The molecule has 0 aromatic heterocycles. The Labute approximate surface area is 216 Å². The molecule has 0 unspecified atom stereocenters. The highest BCUT2D eigenvalue weighted by Crippen LogP contribution is 2.42. The minimum atomic E-state index is -4.43. The molecular weight excluding hydrogens is 507 g/mol. The average molecular weight is 534 g/mol. The lowest BCUT2D eigenvalue weighted by Crippen LogP contribution is -2.46. The summed E-state index contributed by atoms with van der Waals surface area (Å²) in [7, 11) is 1.59. The van der Waals surface area contributed by atoms with Gasteiger partial charge in [0.25, 0.3) is 11.8 Å². The Morgan fingerprint density at radius 1 is 1.14 bits per heavy atom. The van der Waals surface area contributed by atoms with Crippen molar-refractivity contribution in [3.63, 3.8) is 0 Å². The lowest BCUT2D eigenvalue weighted by atomic mass is 10.0. The van der Waals surface area contributed by atoms with E-state index < -0.39 is 11.7 Å². The summed E-state index contributed by atoms with van der Waals surface area (Å²) in [4.78, 5) is 41.9. The zero-order chi connectivity index (χ0) is 26.7. The Hall–Kier alpha value is -3.47. The molecule has 0 atom stereocenters. The van der Waals surface area contributed by atoms with Crippen LogP contribution >= 0.6 is 11.8 Å². The van der Waals surface area contributed by atoms with Gasteiger partial charge in [0.1, 0.15) is 0 Å². The summed E-state index contributed by atoms with van der Waals surface area (Å²) in [5, 5.41) is 3.00. The van der Waals surface area contributed by atoms with E-state index >= 15 is 0 Å². The van der Waals surface area contributed by atoms with E-state index in [2.05, 4.69) is 5.32 Å². The Morgan fingerprint density at radius 2 is 1.81 bits per heavy atom. The van der Waals surface area contributed by atoms with Crippen molar-refractivity contribution in [1.82, 2.24) is 10.2 Å². The van der Waals surface area contributed by atoms with Gasteiger partial charge in [-0.25, -0.2) is 4.79 Å². The summed E-state index contributed by atoms with van der Waals surface area (Å²) in [6.45, 7) is 3.06. The van der Waals surface area contributed by atoms with Gasteiger partial charge in [0, 0.05) is 36.6 Å². The fraction of sp³-hybridized carbons (Fsp3) is 0.346. The number of hydrogen-bond donors (Lipinski definition) is 1. The summed E-state index contributed by atoms with van der Waals surface area (Å²) in [6.07, 6.45) is -2.00. The van der Waals surface area contributed by atoms with Crippen LogP contribution in [0.3, 0.4) is 0 Å². The lowest BCUT2D eigenvalue weighted by Gasteiger charge is -2.31. The standard InChI is InChI=1S/C26H26F3N3O4S/c1-3-36-25(35)32-12-10-19(11-13-32)30-23(33)17-6-9-21-20(15-17)31(2)24(34)22(37-21)14-16-4-7-18(8-5-16)26(27,28)29/h4-9,14-15,19H,3,10-13H2,1-2H3,(H,30,33). The van der Waals surface area contributed by atoms with E-state index in [9.17, 15) is 27.6 Å². The fourth-order valence-electron chi connectivity index (χ4n) is 4.14. The number of thioether (sulfide) groups is 1. The predicted molar refractivity (Wildman–Crippen MR) is 134 cm³/mol. The Morgan fingerprint density at radius 3 is 2.43 bits per heavy atom. The molecule has 2 heterocycles. The smallest absolute Gasteiger partial charge is 0.416 e. The van der Waals surface area contributed by atoms with Crippen LogP contribution in [0.4, 0.5) is 23.7 Å². The van der Waals surface area contributed by atoms with Crippen LogP contribution < -0.4 is 10.2 Å². The van der Waals surface area contributed by atoms with E-state index in [0.717, 1.165) is 17.0 Å². The van der Waals surface area contributed by atoms with Gasteiger partial charge in [-0.3, -0.25) is 9.59 Å². The molecule has 0 aliphatic carbocycles. The second kappa shape index (κ2) is 10.9. The first-order chi connectivity index (χ1) is 17.6. The Balaban J connectivity index is 1.43. The number of likely N-dealkylation sites (tertiary alicyclic amines) is 1. The number of piperidine rings is 1. The molecule has 7 nitrogen and oxygen atoms in total. The summed E-state index contributed by atoms with van der Waals surface area (Å²) in [6, 6.07) is 9.60. The van der Waals surface area contributed by atoms with Crippen molar-refractivity contribution in [2.75, 3.05) is 31.6 Å². The highest BCUT2D eigenvalue weighted by molar-refractivity contribution is 8.04. The first-order valence-electron chi connectivity index (χ1n) is 11.8. The van der Waals surface area contributed by atoms with Crippen molar-refractivity contribution in [3.8, 4) is 0 Å². The first kappa shape index (κ1) is 26.6. The van der Waals surface area contributed by atoms with Crippen LogP contribution in [-0.4, -0.2) is 55.6 Å². The second-order valence-corrected chi connectivity index (χ2v) is 9.79. The van der Waals surface area contributed by atoms with Crippen molar-refractivity contribution < 1.29 is 32.3 Å². The molecule has 1 N–H and O–H groups in total. The number of ether oxygens (including phenoxy) is 1. The molecule has 0 radical (unpaired) electrons. The van der Waals surface area contributed by atoms with Crippen LogP contribution in [-0.2, 0) is 15.7 Å². The number of halogens is 3. The van der Waals surface area contributed by atoms with E-state index in [-0.39, 0.29) is 23.9 Å². The van der Waals surface area contributed by atoms with E-state index in [1.54, 1.807) is 43.1 Å². The normalized spacial score (nSPS) is 17.5. The summed E-state index contributed by atoms with van der Waals surface area (Å²) in [5.41, 5.74) is 0.701. The number of likely N-dealkylation sites (N-methyl/N-ethyl adjacent to an activating group) is 1. The average Bonchev–Trinajstić information content (AvgIpc) is 2.87. The SMILES string of the molecule is CCOC(=O)N1CCC(NC(=O)c2ccc3c(c2)N(C)C(=O)C(=Cc2ccc(C(F)(F)F)cc2)S3)CC1. The van der Waals surface area contributed by atoms with Crippen LogP contribution in [0.2, 0.25) is 0 Å². The van der Waals surface area contributed by atoms with E-state index in [4.69, 9.17) is 4.74 Å². The molecule has 11 heteroatoms. The van der Waals surface area contributed by atoms with Crippen molar-refractivity contribution in [3.05, 3.63) is 64.1 Å². The van der Waals surface area contributed by atoms with Crippen LogP contribution in [0.25, 0.3) is 6.08 Å². The minimum Gasteiger partial charge on any atom is -0.450 e. The third-order valence-corrected chi connectivity index (χ3v) is 7.29. The number of rotatable bonds is 4. The van der Waals surface area contributed by atoms with Gasteiger partial charge in [0.15, 0.2) is 0 Å². The molecule has 0 saturated carbocycles. The number of carbonyl (C=O) groups is 3. The second-order valence-electron chi connectivity index (χ2n) is 8.71. The first-order valence-corrected chi connectivity index (χ1v) is 12.6. The molecule has 2 aromatic rings. The van der Waals surface area contributed by atoms with E-state index in [1.165, 1.54) is 28.8 Å². The lowest BCUT2D eigenvalue weighted by molar-refractivity contribution is -0.137. The molecule has 2 aliphatic heterocycles. The molecule has 0 bridgehead atoms. The van der Waals surface area contributed by atoms with Gasteiger partial charge < -0.3 is 19.9 Å². The van der Waals surface area contributed by atoms with Crippen LogP contribution in [0.1, 0.15) is 41.3 Å². The maximum absolute atomic E-state index is 13.0. The molecule has 3 amide bonds. The van der Waals surface area contributed by atoms with Gasteiger partial charge in [-0.2, -0.15) is 13.2 Å². The topological polar surface area (TPSA) is 79.0 Å². The Kier molecular flexibility index (Phi) is 7.82. The van der Waals surface area contributed by atoms with Gasteiger partial charge in [-0.15, -0.1) is 0 Å². The number of benzene rings is 2. The van der Waals surface area contributed by atoms with Gasteiger partial charge in [0.05, 0.1) is 22.8 Å². The summed E-state index contributed by atoms with van der Waals surface area (Å²) in [5.74, 6) is -0.587. The maximum atomic E-state index is 13.0. The summed E-state index contributed by atoms with van der Waals surface area (Å²) < 4.78 is 43.5. The largest absolute Gasteiger partial charge is 0.450 e. The zero-order valence-electron chi connectivity index (χ0n) is 20.3. The van der Waals surface area contributed by atoms with Crippen molar-refractivity contribution >= 4 is 41.4 Å². The predicted octanol–water partition coefficient (Wildman–Crippen LogP) is 5.17. The van der Waals surface area contributed by atoms with E-state index in [0.29, 0.717) is 54.3 Å². The number of amides is 3. The molecule has 1 fully saturated rings. The van der Waals surface area contributed by atoms with E-state index in [1.807, 2.05) is 0 Å². The van der Waals surface area contributed by atoms with Crippen LogP contribution in [0, 0.1) is 0 Å². The number of carbonyl (C=O) groups excluding carboxylic acids is 3. The molecule has 2 aliphatic rings. The van der Waals surface area contributed by atoms with Gasteiger partial charge in [-0.1, -0.05) is 23.9 Å². The van der Waals surface area contributed by atoms with Crippen molar-refractivity contribution in [1.29, 1.82) is 0 Å². The highest BCUT2D eigenvalue weighted by Gasteiger charge is 2.31. The third kappa shape index (κ3) is 6.10. The monoisotopic (exact) mass is 533 g/mol. The highest BCUT2D eigenvalue weighted by atomic mass is 32.2. The van der Waals surface area contributed by atoms with Crippen LogP contribution in [0.5, 0.6) is 0 Å². The number of fused-ring (bicyclic) bond motifs is 1. The Bertz CT molecular complexity index is 1220. The molecule has 2 aromatic carbocycles. The number of nitrogens with one attached hydrogen (secondary N) is 1. The number of alkyl halides is 3. The molecule has 1 saturated heterocycles. The van der Waals surface area contributed by atoms with Crippen LogP contribution in [0.15, 0.2) is 52.3 Å². The maximum Gasteiger partial charge on any atom is 0.416 e. The minimum absolute atomic E-state index is 0.0822. The quantitative estimate of drug-likeness (QED) is 0.549. The number of hydrogen-bond acceptors (Lipinski definition) is 5. The van der Waals surface area contributed by atoms with Gasteiger partial charge in [-0.05, 0) is 61.7 Å². The summed E-state index contributed by atoms with van der Waals surface area (Å²) >= 11 is 1.20. The number of nitrogens with zero attached hydrogens (tertiary/aromatic N) is 2. The fourth-order valence-corrected chi connectivity index (χ4v) is 5.24. The molecule has 37 heavy (non-hydrogen) atoms. The zero-order valence-corrected chi connectivity index (χ0v) is 21.1. The van der Waals surface area contributed by atoms with Crippen molar-refractivity contribution in [2.45, 2.75) is 36.9 Å². The molecule has 196 valence electrons.